The first-order valence-corrected chi connectivity index (χ1v) is 6.20. The highest BCUT2D eigenvalue weighted by atomic mass is 16.5. The van der Waals surface area contributed by atoms with E-state index in [2.05, 4.69) is 20.8 Å². The Morgan fingerprint density at radius 1 is 1.17 bits per heavy atom. The summed E-state index contributed by atoms with van der Waals surface area (Å²) in [5.41, 5.74) is 1.38. The van der Waals surface area contributed by atoms with Crippen LogP contribution in [0.15, 0.2) is 24.3 Å². The number of carbonyl (C=O) groups excluding carboxylic acids is 1. The van der Waals surface area contributed by atoms with Gasteiger partial charge in [-0.3, -0.25) is 4.79 Å². The van der Waals surface area contributed by atoms with E-state index in [1.54, 1.807) is 21.0 Å². The molecule has 1 atom stereocenters. The Labute approximate surface area is 110 Å². The van der Waals surface area contributed by atoms with Gasteiger partial charge in [-0.2, -0.15) is 0 Å². The highest BCUT2D eigenvalue weighted by Crippen LogP contribution is 2.24. The Morgan fingerprint density at radius 2 is 1.67 bits per heavy atom. The number of amides is 1. The third-order valence-corrected chi connectivity index (χ3v) is 2.82. The Balaban J connectivity index is 2.73. The molecule has 0 N–H and O–H groups in total. The minimum absolute atomic E-state index is 0.0325. The fourth-order valence-electron chi connectivity index (χ4n) is 1.65. The number of hydrogen-bond donors (Lipinski definition) is 0. The van der Waals surface area contributed by atoms with Crippen LogP contribution in [0, 0.1) is 0 Å². The molecule has 1 rings (SSSR count). The van der Waals surface area contributed by atoms with Crippen molar-refractivity contribution in [2.45, 2.75) is 39.2 Å². The zero-order valence-corrected chi connectivity index (χ0v) is 12.2. The maximum Gasteiger partial charge on any atom is 0.262 e. The molecule has 0 fully saturated rings. The van der Waals surface area contributed by atoms with Crippen LogP contribution in [-0.2, 0) is 10.2 Å². The number of rotatable bonds is 3. The molecule has 0 radical (unpaired) electrons. The lowest BCUT2D eigenvalue weighted by atomic mass is 9.87. The predicted octanol–water partition coefficient (Wildman–Crippen LogP) is 2.84. The van der Waals surface area contributed by atoms with Gasteiger partial charge in [-0.1, -0.05) is 32.9 Å². The van der Waals surface area contributed by atoms with Crippen LogP contribution in [0.25, 0.3) is 0 Å². The van der Waals surface area contributed by atoms with Crippen LogP contribution >= 0.6 is 0 Å². The smallest absolute Gasteiger partial charge is 0.262 e. The molecule has 1 aromatic rings. The summed E-state index contributed by atoms with van der Waals surface area (Å²) < 4.78 is 5.61. The summed E-state index contributed by atoms with van der Waals surface area (Å²) in [6.45, 7) is 8.27. The second-order valence-corrected chi connectivity index (χ2v) is 5.77. The lowest BCUT2D eigenvalue weighted by Gasteiger charge is -2.21. The number of benzene rings is 1. The molecule has 3 nitrogen and oxygen atoms in total. The first-order chi connectivity index (χ1) is 8.21. The second kappa shape index (κ2) is 5.42. The number of carbonyl (C=O) groups is 1. The number of ether oxygens (including phenoxy) is 1. The third kappa shape index (κ3) is 3.76. The quantitative estimate of drug-likeness (QED) is 0.824. The molecular weight excluding hydrogens is 226 g/mol. The van der Waals surface area contributed by atoms with Gasteiger partial charge in [0.25, 0.3) is 5.91 Å². The molecule has 0 aromatic heterocycles. The van der Waals surface area contributed by atoms with Crippen molar-refractivity contribution in [1.82, 2.24) is 4.90 Å². The largest absolute Gasteiger partial charge is 0.481 e. The van der Waals surface area contributed by atoms with Crippen LogP contribution < -0.4 is 4.74 Å². The summed E-state index contributed by atoms with van der Waals surface area (Å²) in [5.74, 6) is 0.695. The predicted molar refractivity (Wildman–Crippen MR) is 73.9 cm³/mol. The highest BCUT2D eigenvalue weighted by Gasteiger charge is 2.17. The molecule has 1 amide bonds. The highest BCUT2D eigenvalue weighted by molar-refractivity contribution is 5.80. The molecule has 18 heavy (non-hydrogen) atoms. The van der Waals surface area contributed by atoms with Gasteiger partial charge in [0.1, 0.15) is 5.75 Å². The lowest BCUT2D eigenvalue weighted by molar-refractivity contribution is -0.135. The fourth-order valence-corrected chi connectivity index (χ4v) is 1.65. The van der Waals surface area contributed by atoms with Crippen molar-refractivity contribution in [3.05, 3.63) is 29.8 Å². The van der Waals surface area contributed by atoms with Crippen LogP contribution in [0.1, 0.15) is 33.3 Å². The molecule has 1 aromatic carbocycles. The average Bonchev–Trinajstić information content (AvgIpc) is 2.27. The lowest BCUT2D eigenvalue weighted by Crippen LogP contribution is -2.35. The van der Waals surface area contributed by atoms with Crippen LogP contribution in [0.5, 0.6) is 5.75 Å². The van der Waals surface area contributed by atoms with Gasteiger partial charge >= 0.3 is 0 Å². The Hall–Kier alpha value is -1.51. The molecule has 0 saturated carbocycles. The van der Waals surface area contributed by atoms with E-state index in [1.807, 2.05) is 24.3 Å². The maximum atomic E-state index is 11.7. The van der Waals surface area contributed by atoms with Crippen molar-refractivity contribution in [2.24, 2.45) is 0 Å². The topological polar surface area (TPSA) is 29.5 Å². The van der Waals surface area contributed by atoms with E-state index in [9.17, 15) is 4.79 Å². The molecule has 0 aliphatic rings. The minimum Gasteiger partial charge on any atom is -0.481 e. The molecule has 0 aliphatic heterocycles. The molecule has 0 bridgehead atoms. The molecule has 0 spiro atoms. The van der Waals surface area contributed by atoms with Gasteiger partial charge in [0, 0.05) is 14.1 Å². The zero-order chi connectivity index (χ0) is 13.9. The van der Waals surface area contributed by atoms with E-state index < -0.39 is 6.10 Å². The van der Waals surface area contributed by atoms with Gasteiger partial charge < -0.3 is 9.64 Å². The summed E-state index contributed by atoms with van der Waals surface area (Å²) in [6.07, 6.45) is -0.458. The SMILES string of the molecule is CC(Oc1ccc(C(C)(C)C)cc1)C(=O)N(C)C. The molecule has 0 aliphatic carbocycles. The summed E-state index contributed by atoms with van der Waals surface area (Å²) in [6, 6.07) is 7.92. The molecule has 1 unspecified atom stereocenters. The second-order valence-electron chi connectivity index (χ2n) is 5.77. The van der Waals surface area contributed by atoms with Crippen LogP contribution in [-0.4, -0.2) is 31.0 Å². The van der Waals surface area contributed by atoms with Crippen molar-refractivity contribution >= 4 is 5.91 Å². The number of likely N-dealkylation sites (N-methyl/N-ethyl adjacent to an activating group) is 1. The van der Waals surface area contributed by atoms with Crippen molar-refractivity contribution in [3.63, 3.8) is 0 Å². The Bertz CT molecular complexity index is 401. The van der Waals surface area contributed by atoms with E-state index >= 15 is 0 Å². The van der Waals surface area contributed by atoms with Crippen molar-refractivity contribution in [2.75, 3.05) is 14.1 Å². The van der Waals surface area contributed by atoms with E-state index in [-0.39, 0.29) is 11.3 Å². The molecular formula is C15H23NO2. The maximum absolute atomic E-state index is 11.7. The molecule has 0 heterocycles. The number of nitrogens with zero attached hydrogens (tertiary/aromatic N) is 1. The first kappa shape index (κ1) is 14.6. The number of hydrogen-bond acceptors (Lipinski definition) is 2. The summed E-state index contributed by atoms with van der Waals surface area (Å²) in [5, 5.41) is 0. The molecule has 100 valence electrons. The van der Waals surface area contributed by atoms with E-state index in [1.165, 1.54) is 10.5 Å². The van der Waals surface area contributed by atoms with Gasteiger partial charge in [-0.25, -0.2) is 0 Å². The minimum atomic E-state index is -0.458. The van der Waals surface area contributed by atoms with Gasteiger partial charge in [0.15, 0.2) is 6.10 Å². The van der Waals surface area contributed by atoms with Crippen LogP contribution in [0.3, 0.4) is 0 Å². The van der Waals surface area contributed by atoms with E-state index in [0.29, 0.717) is 0 Å². The Kier molecular flexibility index (Phi) is 4.38. The normalized spacial score (nSPS) is 13.0. The molecule has 3 heteroatoms. The Morgan fingerprint density at radius 3 is 2.06 bits per heavy atom. The summed E-state index contributed by atoms with van der Waals surface area (Å²) in [4.78, 5) is 13.2. The standard InChI is InChI=1S/C15H23NO2/c1-11(14(17)16(5)6)18-13-9-7-12(8-10-13)15(2,3)4/h7-11H,1-6H3. The van der Waals surface area contributed by atoms with Gasteiger partial charge in [0.05, 0.1) is 0 Å². The van der Waals surface area contributed by atoms with E-state index in [0.717, 1.165) is 5.75 Å². The van der Waals surface area contributed by atoms with Gasteiger partial charge in [-0.05, 0) is 30.0 Å². The van der Waals surface area contributed by atoms with Crippen molar-refractivity contribution in [3.8, 4) is 5.75 Å². The zero-order valence-electron chi connectivity index (χ0n) is 12.2. The first-order valence-electron chi connectivity index (χ1n) is 6.20. The average molecular weight is 249 g/mol. The van der Waals surface area contributed by atoms with Gasteiger partial charge in [0.2, 0.25) is 0 Å². The van der Waals surface area contributed by atoms with Crippen molar-refractivity contribution in [1.29, 1.82) is 0 Å². The van der Waals surface area contributed by atoms with Crippen molar-refractivity contribution < 1.29 is 9.53 Å². The van der Waals surface area contributed by atoms with Gasteiger partial charge in [-0.15, -0.1) is 0 Å². The fraction of sp³-hybridized carbons (Fsp3) is 0.533. The summed E-state index contributed by atoms with van der Waals surface area (Å²) >= 11 is 0. The third-order valence-electron chi connectivity index (χ3n) is 2.82. The monoisotopic (exact) mass is 249 g/mol. The molecule has 0 saturated heterocycles. The summed E-state index contributed by atoms with van der Waals surface area (Å²) in [7, 11) is 3.45. The van der Waals surface area contributed by atoms with Crippen LogP contribution in [0.4, 0.5) is 0 Å². The van der Waals surface area contributed by atoms with E-state index in [4.69, 9.17) is 4.74 Å². The van der Waals surface area contributed by atoms with Crippen LogP contribution in [0.2, 0.25) is 0 Å².